The van der Waals surface area contributed by atoms with Crippen molar-refractivity contribution in [1.82, 2.24) is 0 Å². The molecule has 0 aliphatic heterocycles. The fraction of sp³-hybridized carbons (Fsp3) is 0.143. The maximum atomic E-state index is 15.3. The predicted octanol–water partition coefficient (Wildman–Crippen LogP) is 7.82. The van der Waals surface area contributed by atoms with Gasteiger partial charge in [-0.15, -0.1) is 0 Å². The molecule has 180 valence electrons. The van der Waals surface area contributed by atoms with Gasteiger partial charge in [0.05, 0.1) is 11.5 Å². The minimum atomic E-state index is -4.60. The summed E-state index contributed by atoms with van der Waals surface area (Å²) in [6, 6.07) is 1.69. The first-order chi connectivity index (χ1) is 15.8. The summed E-state index contributed by atoms with van der Waals surface area (Å²) in [4.78, 5) is 0. The lowest BCUT2D eigenvalue weighted by molar-refractivity contribution is 0.137. The van der Waals surface area contributed by atoms with Gasteiger partial charge in [0.25, 0.3) is 0 Å². The minimum Gasteiger partial charge on any atom is -0.238 e. The Morgan fingerprint density at radius 1 is 0.588 bits per heavy atom. The van der Waals surface area contributed by atoms with Gasteiger partial charge in [0, 0.05) is 5.56 Å². The lowest BCUT2D eigenvalue weighted by Crippen LogP contribution is -2.48. The molecule has 0 bridgehead atoms. The molecule has 0 aromatic heterocycles. The Hall–Kier alpha value is -3.25. The fourth-order valence-electron chi connectivity index (χ4n) is 4.27. The van der Waals surface area contributed by atoms with Crippen LogP contribution in [0.1, 0.15) is 22.6 Å². The average molecular weight is 504 g/mol. The van der Waals surface area contributed by atoms with Crippen LogP contribution in [0.15, 0.2) is 47.3 Å². The van der Waals surface area contributed by atoms with E-state index in [-0.39, 0.29) is 0 Å². The average Bonchev–Trinajstić information content (AvgIpc) is 3.07. The molecule has 0 amide bonds. The summed E-state index contributed by atoms with van der Waals surface area (Å²) in [5, 5.41) is 0. The van der Waals surface area contributed by atoms with Gasteiger partial charge in [-0.25, -0.2) is 57.1 Å². The molecule has 34 heavy (non-hydrogen) atoms. The molecule has 0 radical (unpaired) electrons. The summed E-state index contributed by atoms with van der Waals surface area (Å²) >= 11 is 0. The zero-order valence-corrected chi connectivity index (χ0v) is 15.8. The van der Waals surface area contributed by atoms with Gasteiger partial charge >= 0.3 is 0 Å². The van der Waals surface area contributed by atoms with Crippen LogP contribution in [-0.2, 0) is 5.41 Å². The zero-order chi connectivity index (χ0) is 25.4. The molecule has 2 aliphatic carbocycles. The molecule has 0 N–H and O–H groups in total. The first kappa shape index (κ1) is 23.9. The summed E-state index contributed by atoms with van der Waals surface area (Å²) in [7, 11) is 0. The lowest BCUT2D eigenvalue weighted by atomic mass is 9.61. The molecule has 0 spiro atoms. The Morgan fingerprint density at radius 3 is 1.68 bits per heavy atom. The summed E-state index contributed by atoms with van der Waals surface area (Å²) in [6.45, 7) is 0. The molecule has 0 saturated carbocycles. The van der Waals surface area contributed by atoms with Crippen LogP contribution in [0.2, 0.25) is 0 Å². The third kappa shape index (κ3) is 2.69. The largest absolute Gasteiger partial charge is 0.238 e. The third-order valence-electron chi connectivity index (χ3n) is 5.70. The molecule has 0 fully saturated rings. The highest BCUT2D eigenvalue weighted by Crippen LogP contribution is 2.63. The molecule has 0 nitrogen and oxygen atoms in total. The van der Waals surface area contributed by atoms with Crippen molar-refractivity contribution in [2.24, 2.45) is 0 Å². The van der Waals surface area contributed by atoms with E-state index in [1.807, 2.05) is 0 Å². The summed E-state index contributed by atoms with van der Waals surface area (Å²) in [5.41, 5.74) is -9.88. The van der Waals surface area contributed by atoms with E-state index in [0.717, 1.165) is 0 Å². The van der Waals surface area contributed by atoms with Crippen LogP contribution >= 0.6 is 0 Å². The normalized spacial score (nSPS) is 25.0. The Morgan fingerprint density at radius 2 is 1.12 bits per heavy atom. The van der Waals surface area contributed by atoms with Gasteiger partial charge < -0.3 is 0 Å². The van der Waals surface area contributed by atoms with Crippen LogP contribution in [0, 0.1) is 34.9 Å². The monoisotopic (exact) mass is 504 g/mol. The summed E-state index contributed by atoms with van der Waals surface area (Å²) in [6.07, 6.45) is -4.21. The van der Waals surface area contributed by atoms with E-state index < -0.39 is 104 Å². The maximum absolute atomic E-state index is 15.3. The van der Waals surface area contributed by atoms with Crippen molar-refractivity contribution in [1.29, 1.82) is 0 Å². The van der Waals surface area contributed by atoms with Crippen molar-refractivity contribution in [3.63, 3.8) is 0 Å². The number of alkyl halides is 1. The number of fused-ring (bicyclic) bond motifs is 1. The molecule has 0 heterocycles. The molecule has 2 aliphatic rings. The lowest BCUT2D eigenvalue weighted by Gasteiger charge is -2.42. The Balaban J connectivity index is 2.27. The number of hydrogen-bond donors (Lipinski definition) is 0. The molecule has 0 saturated heterocycles. The molecule has 13 heteroatoms. The van der Waals surface area contributed by atoms with Crippen molar-refractivity contribution in [3.05, 3.63) is 98.9 Å². The topological polar surface area (TPSA) is 0 Å². The SMILES string of the molecule is FC1=C(F)C(F)C(c2c(F)c(F)c(F)c(F)c2F)(C2C(F)=C(F)c3c(F)cccc32)C(F)=C1F. The minimum absolute atomic E-state index is 0.500. The number of halogens is 13. The molecule has 2 aromatic rings. The van der Waals surface area contributed by atoms with Crippen LogP contribution in [0.5, 0.6) is 0 Å². The third-order valence-corrected chi connectivity index (χ3v) is 5.70. The smallest absolute Gasteiger partial charge is 0.200 e. The van der Waals surface area contributed by atoms with E-state index in [4.69, 9.17) is 0 Å². The van der Waals surface area contributed by atoms with E-state index in [9.17, 15) is 43.9 Å². The van der Waals surface area contributed by atoms with Crippen molar-refractivity contribution in [2.45, 2.75) is 17.5 Å². The van der Waals surface area contributed by atoms with Crippen molar-refractivity contribution in [3.8, 4) is 0 Å². The molecule has 3 unspecified atom stereocenters. The van der Waals surface area contributed by atoms with Gasteiger partial charge in [-0.1, -0.05) is 12.1 Å². The van der Waals surface area contributed by atoms with Gasteiger partial charge in [0.1, 0.15) is 17.1 Å². The van der Waals surface area contributed by atoms with Crippen molar-refractivity contribution in [2.75, 3.05) is 0 Å². The fourth-order valence-corrected chi connectivity index (χ4v) is 4.27. The molecular weight excluding hydrogens is 499 g/mol. The highest BCUT2D eigenvalue weighted by molar-refractivity contribution is 5.75. The van der Waals surface area contributed by atoms with Gasteiger partial charge in [-0.3, -0.25) is 0 Å². The van der Waals surface area contributed by atoms with Gasteiger partial charge in [-0.2, -0.15) is 0 Å². The summed E-state index contributed by atoms with van der Waals surface area (Å²) in [5.74, 6) is -36.3. The first-order valence-corrected chi connectivity index (χ1v) is 8.92. The van der Waals surface area contributed by atoms with Crippen molar-refractivity contribution < 1.29 is 57.1 Å². The quantitative estimate of drug-likeness (QED) is 0.222. The van der Waals surface area contributed by atoms with E-state index in [1.165, 1.54) is 0 Å². The Labute approximate surface area is 180 Å². The highest BCUT2D eigenvalue weighted by Gasteiger charge is 2.65. The zero-order valence-electron chi connectivity index (χ0n) is 15.8. The number of benzene rings is 2. The van der Waals surface area contributed by atoms with Crippen molar-refractivity contribution >= 4 is 5.83 Å². The number of rotatable bonds is 2. The molecule has 3 atom stereocenters. The van der Waals surface area contributed by atoms with Crippen LogP contribution in [0.4, 0.5) is 57.1 Å². The summed E-state index contributed by atoms with van der Waals surface area (Å²) < 4.78 is 188. The number of hydrogen-bond acceptors (Lipinski definition) is 0. The van der Waals surface area contributed by atoms with Crippen LogP contribution in [-0.4, -0.2) is 6.17 Å². The Kier molecular flexibility index (Phi) is 5.37. The van der Waals surface area contributed by atoms with Gasteiger partial charge in [0.15, 0.2) is 58.6 Å². The second-order valence-corrected chi connectivity index (χ2v) is 7.27. The van der Waals surface area contributed by atoms with E-state index in [1.54, 1.807) is 0 Å². The highest BCUT2D eigenvalue weighted by atomic mass is 19.2. The van der Waals surface area contributed by atoms with Crippen LogP contribution in [0.25, 0.3) is 5.83 Å². The van der Waals surface area contributed by atoms with Gasteiger partial charge in [0.2, 0.25) is 5.82 Å². The molecule has 2 aromatic carbocycles. The van der Waals surface area contributed by atoms with Crippen LogP contribution < -0.4 is 0 Å². The maximum Gasteiger partial charge on any atom is 0.200 e. The van der Waals surface area contributed by atoms with E-state index in [2.05, 4.69) is 0 Å². The second-order valence-electron chi connectivity index (χ2n) is 7.27. The van der Waals surface area contributed by atoms with Crippen LogP contribution in [0.3, 0.4) is 0 Å². The van der Waals surface area contributed by atoms with E-state index >= 15 is 13.2 Å². The van der Waals surface area contributed by atoms with Gasteiger partial charge in [-0.05, 0) is 11.6 Å². The standard InChI is InChI=1S/C21H5F13/c22-5-3-1-2-4-6(5)9(23)10(24)7(4)21(19(33)17(31)16(30)18(32)20(21)34)8-11(25)13(27)15(29)14(28)12(8)26/h1-3,7,19H. The first-order valence-electron chi connectivity index (χ1n) is 8.92. The van der Waals surface area contributed by atoms with E-state index in [0.29, 0.717) is 18.2 Å². The Bertz CT molecular complexity index is 1320. The predicted molar refractivity (Wildman–Crippen MR) is 89.6 cm³/mol. The second kappa shape index (κ2) is 7.64. The number of allylic oxidation sites excluding steroid dienone is 5. The molecule has 4 rings (SSSR count). The molecular formula is C21H5F13.